The molecule has 0 bridgehead atoms. The summed E-state index contributed by atoms with van der Waals surface area (Å²) in [5, 5.41) is 17.1. The maximum absolute atomic E-state index is 12.5. The van der Waals surface area contributed by atoms with E-state index in [1.54, 1.807) is 39.0 Å². The van der Waals surface area contributed by atoms with Crippen LogP contribution < -0.4 is 21.7 Å². The van der Waals surface area contributed by atoms with Gasteiger partial charge in [0.15, 0.2) is 5.96 Å². The third-order valence-electron chi connectivity index (χ3n) is 4.16. The Morgan fingerprint density at radius 1 is 1.22 bits per heavy atom. The average molecular weight is 460 g/mol. The summed E-state index contributed by atoms with van der Waals surface area (Å²) >= 11 is 1.44. The molecule has 10 heteroatoms. The number of esters is 1. The normalized spacial score (nSPS) is 11.9. The molecule has 2 amide bonds. The van der Waals surface area contributed by atoms with Crippen LogP contribution in [0.15, 0.2) is 35.7 Å². The third-order valence-corrected chi connectivity index (χ3v) is 5.29. The molecular formula is C22H29N5O4S. The number of guanidine groups is 1. The predicted octanol–water partition coefficient (Wildman–Crippen LogP) is 2.68. The average Bonchev–Trinajstić information content (AvgIpc) is 3.09. The molecule has 0 spiro atoms. The van der Waals surface area contributed by atoms with Crippen molar-refractivity contribution in [2.45, 2.75) is 45.8 Å². The topological polar surface area (TPSA) is 146 Å². The van der Waals surface area contributed by atoms with Crippen molar-refractivity contribution in [1.29, 1.82) is 5.41 Å². The number of carbonyl (C=O) groups is 3. The molecule has 0 saturated heterocycles. The van der Waals surface area contributed by atoms with Crippen LogP contribution >= 0.6 is 11.3 Å². The van der Waals surface area contributed by atoms with Gasteiger partial charge in [-0.3, -0.25) is 19.8 Å². The minimum atomic E-state index is -0.629. The van der Waals surface area contributed by atoms with Gasteiger partial charge in [0.05, 0.1) is 19.0 Å². The molecule has 1 unspecified atom stereocenters. The fourth-order valence-corrected chi connectivity index (χ4v) is 3.88. The Kier molecular flexibility index (Phi) is 8.36. The number of thiophene rings is 1. The first-order valence-electron chi connectivity index (χ1n) is 9.99. The van der Waals surface area contributed by atoms with Gasteiger partial charge in [-0.2, -0.15) is 0 Å². The van der Waals surface area contributed by atoms with Gasteiger partial charge in [-0.1, -0.05) is 6.07 Å². The largest absolute Gasteiger partial charge is 0.460 e. The van der Waals surface area contributed by atoms with Gasteiger partial charge >= 0.3 is 5.97 Å². The van der Waals surface area contributed by atoms with E-state index in [9.17, 15) is 14.4 Å². The molecule has 2 rings (SSSR count). The van der Waals surface area contributed by atoms with Gasteiger partial charge in [-0.05, 0) is 62.9 Å². The lowest BCUT2D eigenvalue weighted by Gasteiger charge is -2.23. The molecule has 1 heterocycles. The maximum Gasteiger partial charge on any atom is 0.308 e. The summed E-state index contributed by atoms with van der Waals surface area (Å²) in [6, 6.07) is 7.76. The molecule has 0 aliphatic heterocycles. The fraction of sp³-hybridized carbons (Fsp3) is 0.364. The van der Waals surface area contributed by atoms with Crippen molar-refractivity contribution in [3.63, 3.8) is 0 Å². The zero-order valence-electron chi connectivity index (χ0n) is 18.6. The van der Waals surface area contributed by atoms with Gasteiger partial charge in [0.1, 0.15) is 5.60 Å². The molecule has 6 N–H and O–H groups in total. The molecule has 2 aromatic rings. The Morgan fingerprint density at radius 3 is 2.53 bits per heavy atom. The molecule has 1 atom stereocenters. The first kappa shape index (κ1) is 24.9. The second kappa shape index (κ2) is 10.8. The number of hydrogen-bond acceptors (Lipinski definition) is 6. The molecule has 0 aliphatic carbocycles. The van der Waals surface area contributed by atoms with E-state index in [0.717, 1.165) is 10.4 Å². The SMILES string of the molecule is Cc1ccsc1C(CC(=O)OC(C)(C)C)NC(=O)CNC(=O)c1cccc(NC(=N)N)c1. The Bertz CT molecular complexity index is 996. The molecular weight excluding hydrogens is 430 g/mol. The molecule has 1 aromatic carbocycles. The summed E-state index contributed by atoms with van der Waals surface area (Å²) in [6.45, 7) is 6.99. The number of hydrogen-bond donors (Lipinski definition) is 5. The highest BCUT2D eigenvalue weighted by Crippen LogP contribution is 2.27. The first-order chi connectivity index (χ1) is 14.9. The number of carbonyl (C=O) groups excluding carboxylic acids is 3. The Morgan fingerprint density at radius 2 is 1.94 bits per heavy atom. The Labute approximate surface area is 191 Å². The lowest BCUT2D eigenvalue weighted by Crippen LogP contribution is -2.39. The first-order valence-corrected chi connectivity index (χ1v) is 10.9. The Balaban J connectivity index is 2.01. The van der Waals surface area contributed by atoms with E-state index in [-0.39, 0.29) is 18.9 Å². The molecule has 172 valence electrons. The Hall–Kier alpha value is -3.40. The van der Waals surface area contributed by atoms with Gasteiger partial charge in [0, 0.05) is 16.1 Å². The van der Waals surface area contributed by atoms with Crippen LogP contribution in [0.2, 0.25) is 0 Å². The van der Waals surface area contributed by atoms with Crippen molar-refractivity contribution in [3.8, 4) is 0 Å². The quantitative estimate of drug-likeness (QED) is 0.233. The van der Waals surface area contributed by atoms with Crippen molar-refractivity contribution < 1.29 is 19.1 Å². The molecule has 32 heavy (non-hydrogen) atoms. The summed E-state index contributed by atoms with van der Waals surface area (Å²) in [5.41, 5.74) is 6.43. The molecule has 1 aromatic heterocycles. The molecule has 0 fully saturated rings. The van der Waals surface area contributed by atoms with Gasteiger partial charge in [-0.15, -0.1) is 11.3 Å². The van der Waals surface area contributed by atoms with Gasteiger partial charge < -0.3 is 26.4 Å². The summed E-state index contributed by atoms with van der Waals surface area (Å²) in [7, 11) is 0. The summed E-state index contributed by atoms with van der Waals surface area (Å²) in [4.78, 5) is 38.2. The summed E-state index contributed by atoms with van der Waals surface area (Å²) in [6.07, 6.45) is -0.0168. The zero-order valence-corrected chi connectivity index (χ0v) is 19.4. The van der Waals surface area contributed by atoms with Crippen molar-refractivity contribution >= 4 is 40.8 Å². The second-order valence-electron chi connectivity index (χ2n) is 8.18. The number of amides is 2. The van der Waals surface area contributed by atoms with Crippen LogP contribution in [0.25, 0.3) is 0 Å². The third kappa shape index (κ3) is 8.03. The summed E-state index contributed by atoms with van der Waals surface area (Å²) in [5.74, 6) is -1.56. The highest BCUT2D eigenvalue weighted by Gasteiger charge is 2.25. The van der Waals surface area contributed by atoms with Crippen LogP contribution in [0.3, 0.4) is 0 Å². The van der Waals surface area contributed by atoms with Gasteiger partial charge in [0.25, 0.3) is 5.91 Å². The molecule has 0 saturated carbocycles. The van der Waals surface area contributed by atoms with Crippen LogP contribution in [0.4, 0.5) is 5.69 Å². The van der Waals surface area contributed by atoms with E-state index in [1.165, 1.54) is 17.4 Å². The summed E-state index contributed by atoms with van der Waals surface area (Å²) < 4.78 is 5.40. The van der Waals surface area contributed by atoms with Crippen LogP contribution in [0, 0.1) is 12.3 Å². The highest BCUT2D eigenvalue weighted by molar-refractivity contribution is 7.10. The fourth-order valence-electron chi connectivity index (χ4n) is 2.90. The van der Waals surface area contributed by atoms with E-state index in [1.807, 2.05) is 18.4 Å². The van der Waals surface area contributed by atoms with Crippen LogP contribution in [-0.2, 0) is 14.3 Å². The maximum atomic E-state index is 12.5. The van der Waals surface area contributed by atoms with Gasteiger partial charge in [0.2, 0.25) is 5.91 Å². The zero-order chi connectivity index (χ0) is 23.9. The number of benzene rings is 1. The lowest BCUT2D eigenvalue weighted by atomic mass is 10.1. The molecule has 9 nitrogen and oxygen atoms in total. The number of aryl methyl sites for hydroxylation is 1. The van der Waals surface area contributed by atoms with Gasteiger partial charge in [-0.25, -0.2) is 0 Å². The number of rotatable bonds is 8. The standard InChI is InChI=1S/C22H29N5O4S/c1-13-8-9-32-19(13)16(11-18(29)31-22(2,3)4)27-17(28)12-25-20(30)14-6-5-7-15(10-14)26-21(23)24/h5-10,16H,11-12H2,1-4H3,(H,25,30)(H,27,28)(H4,23,24,26). The van der Waals surface area contributed by atoms with Crippen molar-refractivity contribution in [3.05, 3.63) is 51.7 Å². The number of nitrogens with two attached hydrogens (primary N) is 1. The lowest BCUT2D eigenvalue weighted by molar-refractivity contribution is -0.155. The van der Waals surface area contributed by atoms with Crippen molar-refractivity contribution in [1.82, 2.24) is 10.6 Å². The number of anilines is 1. The van der Waals surface area contributed by atoms with E-state index >= 15 is 0 Å². The van der Waals surface area contributed by atoms with Crippen LogP contribution in [0.1, 0.15) is 54.0 Å². The second-order valence-corrected chi connectivity index (χ2v) is 9.13. The minimum Gasteiger partial charge on any atom is -0.460 e. The monoisotopic (exact) mass is 459 g/mol. The molecule has 0 aliphatic rings. The number of ether oxygens (including phenoxy) is 1. The van der Waals surface area contributed by atoms with E-state index in [2.05, 4.69) is 16.0 Å². The van der Waals surface area contributed by atoms with Crippen LogP contribution in [-0.4, -0.2) is 35.9 Å². The van der Waals surface area contributed by atoms with Crippen molar-refractivity contribution in [2.75, 3.05) is 11.9 Å². The smallest absolute Gasteiger partial charge is 0.308 e. The van der Waals surface area contributed by atoms with E-state index < -0.39 is 29.4 Å². The molecule has 0 radical (unpaired) electrons. The van der Waals surface area contributed by atoms with Crippen molar-refractivity contribution in [2.24, 2.45) is 5.73 Å². The minimum absolute atomic E-state index is 0.0168. The predicted molar refractivity (Wildman–Crippen MR) is 125 cm³/mol. The van der Waals surface area contributed by atoms with E-state index in [4.69, 9.17) is 15.9 Å². The van der Waals surface area contributed by atoms with E-state index in [0.29, 0.717) is 11.3 Å². The highest BCUT2D eigenvalue weighted by atomic mass is 32.1. The number of nitrogens with one attached hydrogen (secondary N) is 4. The van der Waals surface area contributed by atoms with Crippen LogP contribution in [0.5, 0.6) is 0 Å².